The Morgan fingerprint density at radius 3 is 3.10 bits per heavy atom. The molecular weight excluding hydrogens is 261 g/mol. The number of ether oxygens (including phenoxy) is 1. The Hall–Kier alpha value is -2.02. The van der Waals surface area contributed by atoms with Crippen molar-refractivity contribution in [1.82, 2.24) is 20.2 Å². The summed E-state index contributed by atoms with van der Waals surface area (Å²) in [4.78, 5) is 0. The van der Waals surface area contributed by atoms with E-state index in [0.717, 1.165) is 13.0 Å². The number of hydrogen-bond acceptors (Lipinski definition) is 5. The van der Waals surface area contributed by atoms with Crippen molar-refractivity contribution in [2.75, 3.05) is 18.9 Å². The number of aromatic nitrogens is 4. The van der Waals surface area contributed by atoms with Crippen molar-refractivity contribution in [2.24, 2.45) is 5.92 Å². The van der Waals surface area contributed by atoms with Crippen LogP contribution in [0.15, 0.2) is 12.1 Å². The molecule has 0 bridgehead atoms. The Labute approximate surface area is 115 Å². The topological polar surface area (TPSA) is 78.9 Å². The van der Waals surface area contributed by atoms with E-state index in [1.807, 2.05) is 0 Å². The van der Waals surface area contributed by atoms with Crippen molar-refractivity contribution in [3.63, 3.8) is 0 Å². The van der Waals surface area contributed by atoms with Crippen LogP contribution in [-0.2, 0) is 11.3 Å². The molecule has 2 N–H and O–H groups in total. The molecule has 1 aliphatic heterocycles. The fourth-order valence-electron chi connectivity index (χ4n) is 2.45. The summed E-state index contributed by atoms with van der Waals surface area (Å²) in [6.45, 7) is 3.75. The van der Waals surface area contributed by atoms with Gasteiger partial charge < -0.3 is 10.5 Å². The van der Waals surface area contributed by atoms with Crippen molar-refractivity contribution in [3.8, 4) is 11.4 Å². The number of benzene rings is 1. The fourth-order valence-corrected chi connectivity index (χ4v) is 2.45. The van der Waals surface area contributed by atoms with Crippen LogP contribution in [0.1, 0.15) is 12.0 Å². The maximum atomic E-state index is 14.2. The van der Waals surface area contributed by atoms with Crippen molar-refractivity contribution in [3.05, 3.63) is 23.5 Å². The highest BCUT2D eigenvalue weighted by atomic mass is 19.1. The minimum Gasteiger partial charge on any atom is -0.399 e. The standard InChI is InChI=1S/C13H16FN5O/c1-8-4-10(15)5-11(12(8)14)13-16-17-18-19(13)6-9-2-3-20-7-9/h4-5,9H,2-3,6-7,15H2,1H3. The Kier molecular flexibility index (Phi) is 3.35. The minimum absolute atomic E-state index is 0.335. The van der Waals surface area contributed by atoms with Gasteiger partial charge in [-0.15, -0.1) is 5.10 Å². The number of nitrogen functional groups attached to an aromatic ring is 1. The van der Waals surface area contributed by atoms with Gasteiger partial charge in [0.25, 0.3) is 0 Å². The van der Waals surface area contributed by atoms with E-state index in [4.69, 9.17) is 10.5 Å². The summed E-state index contributed by atoms with van der Waals surface area (Å²) in [6.07, 6.45) is 0.970. The van der Waals surface area contributed by atoms with Crippen LogP contribution in [0.25, 0.3) is 11.4 Å². The van der Waals surface area contributed by atoms with E-state index < -0.39 is 0 Å². The van der Waals surface area contributed by atoms with Crippen LogP contribution in [0, 0.1) is 18.7 Å². The zero-order valence-corrected chi connectivity index (χ0v) is 11.2. The number of hydrogen-bond donors (Lipinski definition) is 1. The summed E-state index contributed by atoms with van der Waals surface area (Å²) in [6, 6.07) is 3.16. The van der Waals surface area contributed by atoms with Gasteiger partial charge in [-0.25, -0.2) is 9.07 Å². The van der Waals surface area contributed by atoms with Crippen molar-refractivity contribution < 1.29 is 9.13 Å². The van der Waals surface area contributed by atoms with Gasteiger partial charge in [-0.05, 0) is 41.5 Å². The number of nitrogens with two attached hydrogens (primary N) is 1. The summed E-state index contributed by atoms with van der Waals surface area (Å²) < 4.78 is 21.2. The smallest absolute Gasteiger partial charge is 0.185 e. The van der Waals surface area contributed by atoms with E-state index in [-0.39, 0.29) is 5.82 Å². The molecule has 0 aliphatic carbocycles. The zero-order chi connectivity index (χ0) is 14.1. The monoisotopic (exact) mass is 277 g/mol. The minimum atomic E-state index is -0.335. The number of aryl methyl sites for hydroxylation is 1. The average Bonchev–Trinajstić information content (AvgIpc) is 3.06. The van der Waals surface area contributed by atoms with E-state index in [9.17, 15) is 4.39 Å². The lowest BCUT2D eigenvalue weighted by Gasteiger charge is -2.11. The molecule has 7 heteroatoms. The van der Waals surface area contributed by atoms with E-state index in [0.29, 0.717) is 41.7 Å². The molecule has 1 aliphatic rings. The van der Waals surface area contributed by atoms with E-state index in [1.165, 1.54) is 0 Å². The highest BCUT2D eigenvalue weighted by molar-refractivity contribution is 5.63. The summed E-state index contributed by atoms with van der Waals surface area (Å²) >= 11 is 0. The lowest BCUT2D eigenvalue weighted by molar-refractivity contribution is 0.181. The van der Waals surface area contributed by atoms with Gasteiger partial charge in [-0.3, -0.25) is 0 Å². The zero-order valence-electron chi connectivity index (χ0n) is 11.2. The van der Waals surface area contributed by atoms with E-state index >= 15 is 0 Å². The Balaban J connectivity index is 1.96. The highest BCUT2D eigenvalue weighted by Crippen LogP contribution is 2.26. The van der Waals surface area contributed by atoms with Gasteiger partial charge in [-0.1, -0.05) is 0 Å². The highest BCUT2D eigenvalue weighted by Gasteiger charge is 2.21. The third kappa shape index (κ3) is 2.36. The van der Waals surface area contributed by atoms with Gasteiger partial charge in [0.15, 0.2) is 5.82 Å². The van der Waals surface area contributed by atoms with Crippen molar-refractivity contribution in [2.45, 2.75) is 19.9 Å². The number of anilines is 1. The van der Waals surface area contributed by atoms with Gasteiger partial charge in [-0.2, -0.15) is 0 Å². The van der Waals surface area contributed by atoms with Crippen molar-refractivity contribution >= 4 is 5.69 Å². The van der Waals surface area contributed by atoms with E-state index in [2.05, 4.69) is 15.5 Å². The molecular formula is C13H16FN5O. The van der Waals surface area contributed by atoms with Crippen LogP contribution in [0.2, 0.25) is 0 Å². The summed E-state index contributed by atoms with van der Waals surface area (Å²) in [5.74, 6) is 0.435. The predicted molar refractivity (Wildman–Crippen MR) is 71.3 cm³/mol. The number of halogens is 1. The molecule has 1 unspecified atom stereocenters. The molecule has 0 spiro atoms. The second kappa shape index (κ2) is 5.16. The predicted octanol–water partition coefficient (Wildman–Crippen LogP) is 1.41. The Morgan fingerprint density at radius 2 is 2.35 bits per heavy atom. The molecule has 1 atom stereocenters. The van der Waals surface area contributed by atoms with Crippen LogP contribution < -0.4 is 5.73 Å². The number of nitrogens with zero attached hydrogens (tertiary/aromatic N) is 4. The molecule has 1 saturated heterocycles. The first-order valence-electron chi connectivity index (χ1n) is 6.55. The van der Waals surface area contributed by atoms with Gasteiger partial charge in [0.05, 0.1) is 18.7 Å². The molecule has 6 nitrogen and oxygen atoms in total. The first-order chi connectivity index (χ1) is 9.65. The van der Waals surface area contributed by atoms with Crippen LogP contribution in [0.4, 0.5) is 10.1 Å². The maximum absolute atomic E-state index is 14.2. The summed E-state index contributed by atoms with van der Waals surface area (Å²) in [5.41, 5.74) is 7.11. The Bertz CT molecular complexity index is 621. The van der Waals surface area contributed by atoms with Crippen molar-refractivity contribution in [1.29, 1.82) is 0 Å². The number of tetrazole rings is 1. The maximum Gasteiger partial charge on any atom is 0.185 e. The third-order valence-electron chi connectivity index (χ3n) is 3.50. The number of rotatable bonds is 3. The molecule has 1 aromatic carbocycles. The molecule has 2 aromatic rings. The molecule has 1 fully saturated rings. The average molecular weight is 277 g/mol. The Morgan fingerprint density at radius 1 is 1.50 bits per heavy atom. The lowest BCUT2D eigenvalue weighted by atomic mass is 10.1. The fraction of sp³-hybridized carbons (Fsp3) is 0.462. The summed E-state index contributed by atoms with van der Waals surface area (Å²) in [7, 11) is 0. The molecule has 0 amide bonds. The molecule has 3 rings (SSSR count). The van der Waals surface area contributed by atoms with Crippen LogP contribution in [-0.4, -0.2) is 33.4 Å². The summed E-state index contributed by atoms with van der Waals surface area (Å²) in [5, 5.41) is 11.5. The normalized spacial score (nSPS) is 18.6. The van der Waals surface area contributed by atoms with Gasteiger partial charge in [0.1, 0.15) is 5.82 Å². The van der Waals surface area contributed by atoms with Crippen LogP contribution in [0.5, 0.6) is 0 Å². The largest absolute Gasteiger partial charge is 0.399 e. The lowest BCUT2D eigenvalue weighted by Crippen LogP contribution is -2.13. The SMILES string of the molecule is Cc1cc(N)cc(-c2nnnn2CC2CCOC2)c1F. The third-order valence-corrected chi connectivity index (χ3v) is 3.50. The first-order valence-corrected chi connectivity index (χ1v) is 6.55. The molecule has 1 aromatic heterocycles. The molecule has 20 heavy (non-hydrogen) atoms. The van der Waals surface area contributed by atoms with Gasteiger partial charge >= 0.3 is 0 Å². The first kappa shape index (κ1) is 13.0. The van der Waals surface area contributed by atoms with Gasteiger partial charge in [0, 0.05) is 18.2 Å². The quantitative estimate of drug-likeness (QED) is 0.858. The van der Waals surface area contributed by atoms with E-state index in [1.54, 1.807) is 23.7 Å². The van der Waals surface area contributed by atoms with Crippen LogP contribution in [0.3, 0.4) is 0 Å². The molecule has 0 saturated carbocycles. The molecule has 0 radical (unpaired) electrons. The van der Waals surface area contributed by atoms with Crippen LogP contribution >= 0.6 is 0 Å². The van der Waals surface area contributed by atoms with Gasteiger partial charge in [0.2, 0.25) is 0 Å². The molecule has 2 heterocycles. The molecule has 106 valence electrons. The second-order valence-electron chi connectivity index (χ2n) is 5.11. The second-order valence-corrected chi connectivity index (χ2v) is 5.11.